The van der Waals surface area contributed by atoms with Gasteiger partial charge in [-0.3, -0.25) is 14.9 Å². The Morgan fingerprint density at radius 2 is 1.86 bits per heavy atom. The highest BCUT2D eigenvalue weighted by Gasteiger charge is 2.28. The van der Waals surface area contributed by atoms with Crippen molar-refractivity contribution in [2.75, 3.05) is 29.9 Å². The highest BCUT2D eigenvalue weighted by Crippen LogP contribution is 2.34. The topological polar surface area (TPSA) is 87.2 Å². The number of amides is 2. The van der Waals surface area contributed by atoms with Crippen LogP contribution in [0.25, 0.3) is 11.1 Å². The zero-order valence-electron chi connectivity index (χ0n) is 21.1. The van der Waals surface area contributed by atoms with E-state index in [2.05, 4.69) is 39.6 Å². The van der Waals surface area contributed by atoms with Gasteiger partial charge in [0.2, 0.25) is 10.3 Å². The molecule has 0 atom stereocenters. The number of hydrogen-bond donors (Lipinski definition) is 2. The Hall–Kier alpha value is -3.26. The molecular weight excluding hydrogens is 470 g/mol. The van der Waals surface area contributed by atoms with Crippen LogP contribution in [0, 0.1) is 18.3 Å². The lowest BCUT2D eigenvalue weighted by atomic mass is 9.84. The van der Waals surface area contributed by atoms with Crippen molar-refractivity contribution >= 4 is 33.4 Å². The lowest BCUT2D eigenvalue weighted by Crippen LogP contribution is -2.40. The minimum atomic E-state index is -0.202. The molecule has 0 radical (unpaired) electrons. The molecule has 0 bridgehead atoms. The van der Waals surface area contributed by atoms with Gasteiger partial charge in [0.25, 0.3) is 11.8 Å². The maximum atomic E-state index is 13.1. The molecule has 2 fully saturated rings. The summed E-state index contributed by atoms with van der Waals surface area (Å²) in [5, 5.41) is 15.9. The third-order valence-electron chi connectivity index (χ3n) is 7.09. The van der Waals surface area contributed by atoms with Gasteiger partial charge in [0, 0.05) is 30.8 Å². The summed E-state index contributed by atoms with van der Waals surface area (Å²) in [5.41, 5.74) is 4.30. The third-order valence-corrected chi connectivity index (χ3v) is 7.99. The van der Waals surface area contributed by atoms with E-state index in [1.54, 1.807) is 0 Å². The summed E-state index contributed by atoms with van der Waals surface area (Å²) in [6, 6.07) is 13.3. The second-order valence-corrected chi connectivity index (χ2v) is 11.7. The van der Waals surface area contributed by atoms with Crippen LogP contribution in [-0.2, 0) is 0 Å². The smallest absolute Gasteiger partial charge is 0.257 e. The number of carbonyl (C=O) groups is 2. The van der Waals surface area contributed by atoms with E-state index in [1.165, 1.54) is 30.6 Å². The van der Waals surface area contributed by atoms with Crippen LogP contribution in [0.3, 0.4) is 0 Å². The molecule has 1 aliphatic carbocycles. The van der Waals surface area contributed by atoms with E-state index in [0.717, 1.165) is 47.9 Å². The van der Waals surface area contributed by atoms with Crippen LogP contribution in [0.2, 0.25) is 0 Å². The van der Waals surface area contributed by atoms with Crippen molar-refractivity contribution in [2.45, 2.75) is 46.5 Å². The van der Waals surface area contributed by atoms with E-state index in [-0.39, 0.29) is 17.2 Å². The van der Waals surface area contributed by atoms with E-state index < -0.39 is 0 Å². The lowest BCUT2D eigenvalue weighted by molar-refractivity contribution is 0.0951. The largest absolute Gasteiger partial charge is 0.352 e. The quantitative estimate of drug-likeness (QED) is 0.443. The highest BCUT2D eigenvalue weighted by atomic mass is 32.1. The Bertz CT molecular complexity index is 1260. The molecule has 8 heteroatoms. The van der Waals surface area contributed by atoms with Crippen molar-refractivity contribution in [1.29, 1.82) is 0 Å². The van der Waals surface area contributed by atoms with Crippen LogP contribution in [0.4, 0.5) is 10.3 Å². The number of nitrogens with zero attached hydrogens (tertiary/aromatic N) is 3. The Morgan fingerprint density at radius 3 is 2.58 bits per heavy atom. The zero-order chi connectivity index (χ0) is 25.3. The minimum Gasteiger partial charge on any atom is -0.352 e. The molecule has 0 unspecified atom stereocenters. The normalized spacial score (nSPS) is 17.0. The standard InChI is InChI=1S/C28H33N5O2S/c1-18-22(20-10-12-21(13-11-20)24(34)29-16-19-8-9-19)6-4-7-23(18)25(35)30-26-31-32-27(36-26)33-15-5-14-28(2,3)17-33/h4,6-7,10-13,19H,5,8-9,14-17H2,1-3H3,(H,29,34)(H,30,31,35). The van der Waals surface area contributed by atoms with E-state index in [1.807, 2.05) is 49.4 Å². The summed E-state index contributed by atoms with van der Waals surface area (Å²) in [5.74, 6) is 0.406. The van der Waals surface area contributed by atoms with Gasteiger partial charge in [-0.05, 0) is 78.8 Å². The molecular formula is C28H33N5O2S. The predicted molar refractivity (Wildman–Crippen MR) is 145 cm³/mol. The van der Waals surface area contributed by atoms with E-state index in [9.17, 15) is 9.59 Å². The van der Waals surface area contributed by atoms with E-state index >= 15 is 0 Å². The summed E-state index contributed by atoms with van der Waals surface area (Å²) in [7, 11) is 0. The SMILES string of the molecule is Cc1c(C(=O)Nc2nnc(N3CCCC(C)(C)C3)s2)cccc1-c1ccc(C(=O)NCC2CC2)cc1. The van der Waals surface area contributed by atoms with Crippen LogP contribution in [0.1, 0.15) is 65.8 Å². The van der Waals surface area contributed by atoms with Crippen molar-refractivity contribution in [3.8, 4) is 11.1 Å². The maximum Gasteiger partial charge on any atom is 0.257 e. The van der Waals surface area contributed by atoms with Crippen molar-refractivity contribution < 1.29 is 9.59 Å². The predicted octanol–water partition coefficient (Wildman–Crippen LogP) is 5.53. The van der Waals surface area contributed by atoms with Crippen molar-refractivity contribution in [2.24, 2.45) is 11.3 Å². The first-order chi connectivity index (χ1) is 17.3. The number of hydrogen-bond acceptors (Lipinski definition) is 6. The van der Waals surface area contributed by atoms with Crippen LogP contribution in [-0.4, -0.2) is 41.6 Å². The van der Waals surface area contributed by atoms with Crippen LogP contribution in [0.15, 0.2) is 42.5 Å². The minimum absolute atomic E-state index is 0.0390. The molecule has 2 amide bonds. The molecule has 1 aromatic heterocycles. The monoisotopic (exact) mass is 503 g/mol. The fourth-order valence-corrected chi connectivity index (χ4v) is 5.57. The fourth-order valence-electron chi connectivity index (χ4n) is 4.80. The average Bonchev–Trinajstić information content (AvgIpc) is 3.58. The molecule has 5 rings (SSSR count). The second kappa shape index (κ2) is 10.0. The van der Waals surface area contributed by atoms with Gasteiger partial charge in [0.15, 0.2) is 0 Å². The molecule has 3 aromatic rings. The van der Waals surface area contributed by atoms with Crippen molar-refractivity contribution in [1.82, 2.24) is 15.5 Å². The molecule has 188 valence electrons. The summed E-state index contributed by atoms with van der Waals surface area (Å²) < 4.78 is 0. The summed E-state index contributed by atoms with van der Waals surface area (Å²) in [6.07, 6.45) is 4.75. The number of carbonyl (C=O) groups excluding carboxylic acids is 2. The van der Waals surface area contributed by atoms with Crippen LogP contribution < -0.4 is 15.5 Å². The lowest BCUT2D eigenvalue weighted by Gasteiger charge is -2.37. The van der Waals surface area contributed by atoms with E-state index in [0.29, 0.717) is 22.2 Å². The van der Waals surface area contributed by atoms with E-state index in [4.69, 9.17) is 0 Å². The molecule has 0 spiro atoms. The van der Waals surface area contributed by atoms with Crippen molar-refractivity contribution in [3.05, 3.63) is 59.2 Å². The first-order valence-corrected chi connectivity index (χ1v) is 13.5. The summed E-state index contributed by atoms with van der Waals surface area (Å²) in [4.78, 5) is 27.8. The van der Waals surface area contributed by atoms with Gasteiger partial charge < -0.3 is 10.2 Å². The van der Waals surface area contributed by atoms with Gasteiger partial charge in [-0.1, -0.05) is 49.4 Å². The van der Waals surface area contributed by atoms with Gasteiger partial charge in [-0.2, -0.15) is 0 Å². The number of aromatic nitrogens is 2. The Labute approximate surface area is 216 Å². The molecule has 2 heterocycles. The summed E-state index contributed by atoms with van der Waals surface area (Å²) >= 11 is 1.42. The molecule has 1 saturated heterocycles. The molecule has 1 aliphatic heterocycles. The first-order valence-electron chi connectivity index (χ1n) is 12.7. The van der Waals surface area contributed by atoms with Crippen molar-refractivity contribution in [3.63, 3.8) is 0 Å². The number of nitrogens with one attached hydrogen (secondary N) is 2. The van der Waals surface area contributed by atoms with Crippen LogP contribution in [0.5, 0.6) is 0 Å². The molecule has 7 nitrogen and oxygen atoms in total. The number of rotatable bonds is 7. The van der Waals surface area contributed by atoms with Gasteiger partial charge >= 0.3 is 0 Å². The Kier molecular flexibility index (Phi) is 6.79. The van der Waals surface area contributed by atoms with Crippen LogP contribution >= 0.6 is 11.3 Å². The molecule has 2 N–H and O–H groups in total. The van der Waals surface area contributed by atoms with Gasteiger partial charge in [-0.15, -0.1) is 10.2 Å². The Morgan fingerprint density at radius 1 is 1.08 bits per heavy atom. The molecule has 2 aromatic carbocycles. The molecule has 2 aliphatic rings. The van der Waals surface area contributed by atoms with Gasteiger partial charge in [0.1, 0.15) is 0 Å². The third kappa shape index (κ3) is 5.59. The van der Waals surface area contributed by atoms with Gasteiger partial charge in [0.05, 0.1) is 0 Å². The van der Waals surface area contributed by atoms with Gasteiger partial charge in [-0.25, -0.2) is 0 Å². The summed E-state index contributed by atoms with van der Waals surface area (Å²) in [6.45, 7) is 9.16. The molecule has 1 saturated carbocycles. The number of anilines is 2. The number of piperidine rings is 1. The second-order valence-electron chi connectivity index (χ2n) is 10.7. The maximum absolute atomic E-state index is 13.1. The highest BCUT2D eigenvalue weighted by molar-refractivity contribution is 7.19. The Balaban J connectivity index is 1.27. The number of benzene rings is 2. The first kappa shape index (κ1) is 24.4. The molecule has 36 heavy (non-hydrogen) atoms. The zero-order valence-corrected chi connectivity index (χ0v) is 22.0. The fraction of sp³-hybridized carbons (Fsp3) is 0.429. The average molecular weight is 504 g/mol.